The van der Waals surface area contributed by atoms with E-state index >= 15 is 0 Å². The van der Waals surface area contributed by atoms with Gasteiger partial charge in [-0.3, -0.25) is 4.79 Å². The molecule has 0 atom stereocenters. The summed E-state index contributed by atoms with van der Waals surface area (Å²) in [7, 11) is 3.16. The SMILES string of the molecule is COc1ccc2c(c1OC)-n1ccc3c4ccccc4nc-3c1C2=O. The molecule has 5 nitrogen and oxygen atoms in total. The molecule has 0 spiro atoms. The number of rotatable bonds is 2. The largest absolute Gasteiger partial charge is 0.493 e. The minimum absolute atomic E-state index is 0.0515. The van der Waals surface area contributed by atoms with Crippen LogP contribution in [0.15, 0.2) is 48.7 Å². The van der Waals surface area contributed by atoms with Gasteiger partial charge in [0.15, 0.2) is 11.5 Å². The zero-order valence-corrected chi connectivity index (χ0v) is 13.7. The number of fused-ring (bicyclic) bond motifs is 7. The number of nitrogens with zero attached hydrogens (tertiary/aromatic N) is 2. The number of hydrogen-bond acceptors (Lipinski definition) is 4. The first-order chi connectivity index (χ1) is 12.2. The molecule has 3 aliphatic rings. The topological polar surface area (TPSA) is 53.4 Å². The van der Waals surface area contributed by atoms with Crippen LogP contribution in [-0.4, -0.2) is 29.6 Å². The molecular weight excluding hydrogens is 316 g/mol. The molecule has 3 heterocycles. The van der Waals surface area contributed by atoms with E-state index in [1.54, 1.807) is 26.4 Å². The molecule has 0 saturated heterocycles. The molecule has 2 aromatic carbocycles. The number of benzene rings is 2. The summed E-state index contributed by atoms with van der Waals surface area (Å²) in [5, 5.41) is 1.05. The first kappa shape index (κ1) is 14.0. The minimum atomic E-state index is -0.0515. The Morgan fingerprint density at radius 1 is 0.960 bits per heavy atom. The monoisotopic (exact) mass is 330 g/mol. The molecule has 0 amide bonds. The smallest absolute Gasteiger partial charge is 0.214 e. The summed E-state index contributed by atoms with van der Waals surface area (Å²) in [5.41, 5.74) is 4.45. The molecule has 0 unspecified atom stereocenters. The van der Waals surface area contributed by atoms with Gasteiger partial charge in [0.1, 0.15) is 11.4 Å². The third-order valence-electron chi connectivity index (χ3n) is 4.76. The summed E-state index contributed by atoms with van der Waals surface area (Å²) >= 11 is 0. The Hall–Kier alpha value is -3.34. The van der Waals surface area contributed by atoms with Gasteiger partial charge in [-0.1, -0.05) is 18.2 Å². The van der Waals surface area contributed by atoms with Gasteiger partial charge in [0.25, 0.3) is 0 Å². The summed E-state index contributed by atoms with van der Waals surface area (Å²) in [6.07, 6.45) is 1.90. The first-order valence-electron chi connectivity index (χ1n) is 7.94. The van der Waals surface area contributed by atoms with Gasteiger partial charge in [-0.25, -0.2) is 4.98 Å². The predicted molar refractivity (Wildman–Crippen MR) is 94.2 cm³/mol. The minimum Gasteiger partial charge on any atom is -0.493 e. The fourth-order valence-electron chi connectivity index (χ4n) is 3.66. The highest BCUT2D eigenvalue weighted by Crippen LogP contribution is 2.45. The molecule has 0 aliphatic carbocycles. The van der Waals surface area contributed by atoms with E-state index in [1.807, 2.05) is 41.1 Å². The zero-order valence-electron chi connectivity index (χ0n) is 13.7. The van der Waals surface area contributed by atoms with Crippen LogP contribution in [0.5, 0.6) is 11.5 Å². The first-order valence-corrected chi connectivity index (χ1v) is 7.94. The van der Waals surface area contributed by atoms with Crippen LogP contribution < -0.4 is 9.47 Å². The predicted octanol–water partition coefficient (Wildman–Crippen LogP) is 3.69. The van der Waals surface area contributed by atoms with Crippen LogP contribution in [0, 0.1) is 0 Å². The number of methoxy groups -OCH3 is 2. The summed E-state index contributed by atoms with van der Waals surface area (Å²) in [5.74, 6) is 1.09. The molecule has 3 aliphatic heterocycles. The molecule has 0 N–H and O–H groups in total. The number of carbonyl (C=O) groups is 1. The number of para-hydroxylation sites is 1. The van der Waals surface area contributed by atoms with E-state index in [1.165, 1.54) is 0 Å². The molecule has 25 heavy (non-hydrogen) atoms. The quantitative estimate of drug-likeness (QED) is 0.495. The number of ketones is 1. The third kappa shape index (κ3) is 1.67. The van der Waals surface area contributed by atoms with Gasteiger partial charge in [0.05, 0.1) is 31.0 Å². The lowest BCUT2D eigenvalue weighted by atomic mass is 10.0. The number of pyridine rings is 1. The Morgan fingerprint density at radius 3 is 2.60 bits per heavy atom. The maximum absolute atomic E-state index is 13.1. The number of aromatic nitrogens is 2. The number of hydrogen-bond donors (Lipinski definition) is 0. The van der Waals surface area contributed by atoms with E-state index in [0.717, 1.165) is 16.5 Å². The molecule has 2 aromatic rings. The van der Waals surface area contributed by atoms with E-state index in [9.17, 15) is 4.79 Å². The Kier molecular flexibility index (Phi) is 2.71. The van der Waals surface area contributed by atoms with Gasteiger partial charge in [-0.15, -0.1) is 0 Å². The van der Waals surface area contributed by atoms with Gasteiger partial charge in [0, 0.05) is 17.1 Å². The van der Waals surface area contributed by atoms with Crippen LogP contribution in [0.25, 0.3) is 27.8 Å². The van der Waals surface area contributed by atoms with Gasteiger partial charge in [-0.2, -0.15) is 0 Å². The Morgan fingerprint density at radius 2 is 1.80 bits per heavy atom. The van der Waals surface area contributed by atoms with Crippen LogP contribution in [-0.2, 0) is 0 Å². The maximum atomic E-state index is 13.1. The highest BCUT2D eigenvalue weighted by molar-refractivity contribution is 6.19. The van der Waals surface area contributed by atoms with E-state index in [2.05, 4.69) is 0 Å². The van der Waals surface area contributed by atoms with Crippen molar-refractivity contribution in [2.24, 2.45) is 0 Å². The van der Waals surface area contributed by atoms with Gasteiger partial charge in [-0.05, 0) is 24.3 Å². The molecule has 0 aromatic heterocycles. The molecule has 5 heteroatoms. The number of ether oxygens (including phenoxy) is 2. The highest BCUT2D eigenvalue weighted by atomic mass is 16.5. The Bertz CT molecular complexity index is 1140. The molecule has 0 radical (unpaired) electrons. The van der Waals surface area contributed by atoms with E-state index in [0.29, 0.717) is 34.1 Å². The zero-order chi connectivity index (χ0) is 17.1. The average Bonchev–Trinajstić information content (AvgIpc) is 3.16. The molecule has 0 bridgehead atoms. The van der Waals surface area contributed by atoms with Crippen LogP contribution >= 0.6 is 0 Å². The highest BCUT2D eigenvalue weighted by Gasteiger charge is 2.35. The van der Waals surface area contributed by atoms with Crippen molar-refractivity contribution in [3.8, 4) is 28.4 Å². The lowest BCUT2D eigenvalue weighted by molar-refractivity contribution is 0.104. The second-order valence-corrected chi connectivity index (χ2v) is 5.95. The fraction of sp³-hybridized carbons (Fsp3) is 0.100. The lowest BCUT2D eigenvalue weighted by Crippen LogP contribution is -2.04. The van der Waals surface area contributed by atoms with E-state index in [4.69, 9.17) is 14.5 Å². The molecule has 0 fully saturated rings. The standard InChI is InChI=1S/C20H14N2O3/c1-24-15-8-7-13-17(20(15)25-2)22-10-9-12-11-5-3-4-6-14(11)21-16(12)18(22)19(13)23/h3-10H,1-2H3. The van der Waals surface area contributed by atoms with Gasteiger partial charge >= 0.3 is 0 Å². The maximum Gasteiger partial charge on any atom is 0.214 e. The van der Waals surface area contributed by atoms with Crippen LogP contribution in [0.2, 0.25) is 0 Å². The summed E-state index contributed by atoms with van der Waals surface area (Å²) in [6.45, 7) is 0. The van der Waals surface area contributed by atoms with E-state index in [-0.39, 0.29) is 5.78 Å². The normalized spacial score (nSPS) is 12.5. The van der Waals surface area contributed by atoms with Crippen molar-refractivity contribution in [3.05, 3.63) is 59.9 Å². The second kappa shape index (κ2) is 4.83. The van der Waals surface area contributed by atoms with Crippen molar-refractivity contribution in [3.63, 3.8) is 0 Å². The molecule has 5 rings (SSSR count). The molecule has 0 saturated carbocycles. The second-order valence-electron chi connectivity index (χ2n) is 5.95. The van der Waals surface area contributed by atoms with Crippen LogP contribution in [0.3, 0.4) is 0 Å². The average molecular weight is 330 g/mol. The fourth-order valence-corrected chi connectivity index (χ4v) is 3.66. The van der Waals surface area contributed by atoms with Gasteiger partial charge in [0.2, 0.25) is 5.78 Å². The van der Waals surface area contributed by atoms with Crippen molar-refractivity contribution >= 4 is 16.7 Å². The van der Waals surface area contributed by atoms with Crippen LogP contribution in [0.4, 0.5) is 0 Å². The van der Waals surface area contributed by atoms with Gasteiger partial charge < -0.3 is 14.0 Å². The van der Waals surface area contributed by atoms with Crippen molar-refractivity contribution in [2.75, 3.05) is 14.2 Å². The summed E-state index contributed by atoms with van der Waals surface area (Å²) in [4.78, 5) is 17.8. The summed E-state index contributed by atoms with van der Waals surface area (Å²) < 4.78 is 12.8. The van der Waals surface area contributed by atoms with Crippen molar-refractivity contribution in [1.29, 1.82) is 0 Å². The van der Waals surface area contributed by atoms with Crippen molar-refractivity contribution in [1.82, 2.24) is 9.55 Å². The summed E-state index contributed by atoms with van der Waals surface area (Å²) in [6, 6.07) is 13.4. The molecule has 122 valence electrons. The third-order valence-corrected chi connectivity index (χ3v) is 4.76. The molecular formula is C20H14N2O3. The van der Waals surface area contributed by atoms with Crippen LogP contribution in [0.1, 0.15) is 16.1 Å². The lowest BCUT2D eigenvalue weighted by Gasteiger charge is -2.14. The Balaban J connectivity index is 1.89. The Labute approximate surface area is 143 Å². The van der Waals surface area contributed by atoms with Crippen molar-refractivity contribution in [2.45, 2.75) is 0 Å². The van der Waals surface area contributed by atoms with Crippen molar-refractivity contribution < 1.29 is 14.3 Å². The number of carbonyl (C=O) groups excluding carboxylic acids is 1. The van der Waals surface area contributed by atoms with E-state index < -0.39 is 0 Å².